The molecule has 0 atom stereocenters. The van der Waals surface area contributed by atoms with Crippen LogP contribution < -0.4 is 0 Å². The number of likely N-dealkylation sites (N-methyl/N-ethyl adjacent to an activating group) is 1. The van der Waals surface area contributed by atoms with Crippen LogP contribution in [0.15, 0.2) is 48.8 Å². The zero-order valence-electron chi connectivity index (χ0n) is 14.1. The van der Waals surface area contributed by atoms with Gasteiger partial charge in [-0.05, 0) is 31.3 Å². The molecule has 1 aliphatic rings. The zero-order valence-corrected chi connectivity index (χ0v) is 14.1. The van der Waals surface area contributed by atoms with Crippen LogP contribution in [0.2, 0.25) is 0 Å². The van der Waals surface area contributed by atoms with E-state index in [0.717, 1.165) is 37.3 Å². The van der Waals surface area contributed by atoms with E-state index < -0.39 is 0 Å². The number of aromatic nitrogens is 4. The van der Waals surface area contributed by atoms with Crippen LogP contribution in [0.3, 0.4) is 0 Å². The molecule has 0 unspecified atom stereocenters. The van der Waals surface area contributed by atoms with E-state index in [-0.39, 0.29) is 0 Å². The Balaban J connectivity index is 0.000000131. The van der Waals surface area contributed by atoms with Crippen LogP contribution in [0.1, 0.15) is 0 Å². The molecule has 0 bridgehead atoms. The molecule has 0 amide bonds. The first kappa shape index (κ1) is 17.2. The molecular weight excluding hydrogens is 290 g/mol. The molecular formula is C17H25N5O. The van der Waals surface area contributed by atoms with Gasteiger partial charge in [0.15, 0.2) is 0 Å². The van der Waals surface area contributed by atoms with Gasteiger partial charge in [-0.25, -0.2) is 4.68 Å². The van der Waals surface area contributed by atoms with Crippen LogP contribution in [0.5, 0.6) is 0 Å². The van der Waals surface area contributed by atoms with Crippen molar-refractivity contribution in [3.63, 3.8) is 0 Å². The minimum absolute atomic E-state index is 0.913. The Bertz CT molecular complexity index is 671. The minimum atomic E-state index is 0.913. The fourth-order valence-corrected chi connectivity index (χ4v) is 2.06. The summed E-state index contributed by atoms with van der Waals surface area (Å²) < 4.78 is 8.86. The van der Waals surface area contributed by atoms with Crippen molar-refractivity contribution in [2.75, 3.05) is 33.4 Å². The molecule has 23 heavy (non-hydrogen) atoms. The summed E-state index contributed by atoms with van der Waals surface area (Å²) in [4.78, 5) is 2.27. The second kappa shape index (κ2) is 9.07. The number of hydrogen-bond donors (Lipinski definition) is 0. The number of rotatable bonds is 0. The van der Waals surface area contributed by atoms with E-state index in [4.69, 9.17) is 4.74 Å². The Hall–Kier alpha value is -2.18. The highest BCUT2D eigenvalue weighted by Gasteiger charge is 2.02. The van der Waals surface area contributed by atoms with E-state index >= 15 is 0 Å². The summed E-state index contributed by atoms with van der Waals surface area (Å²) >= 11 is 0. The fraction of sp³-hybridized carbons (Fsp3) is 0.412. The van der Waals surface area contributed by atoms with Gasteiger partial charge in [0.1, 0.15) is 5.52 Å². The average molecular weight is 315 g/mol. The van der Waals surface area contributed by atoms with Gasteiger partial charge in [0.25, 0.3) is 0 Å². The molecule has 1 aromatic carbocycles. The van der Waals surface area contributed by atoms with Crippen LogP contribution in [0, 0.1) is 0 Å². The van der Waals surface area contributed by atoms with E-state index in [9.17, 15) is 0 Å². The highest BCUT2D eigenvalue weighted by Crippen LogP contribution is 2.06. The quantitative estimate of drug-likeness (QED) is 0.636. The van der Waals surface area contributed by atoms with Crippen molar-refractivity contribution in [3.05, 3.63) is 48.8 Å². The number of fused-ring (bicyclic) bond motifs is 1. The molecule has 0 radical (unpaired) electrons. The second-order valence-electron chi connectivity index (χ2n) is 5.47. The lowest BCUT2D eigenvalue weighted by molar-refractivity contribution is 0.0503. The maximum Gasteiger partial charge on any atom is 0.113 e. The Labute approximate surface area is 137 Å². The minimum Gasteiger partial charge on any atom is -0.379 e. The van der Waals surface area contributed by atoms with E-state index in [1.165, 1.54) is 0 Å². The predicted octanol–water partition coefficient (Wildman–Crippen LogP) is 1.94. The van der Waals surface area contributed by atoms with Crippen molar-refractivity contribution < 1.29 is 4.74 Å². The summed E-state index contributed by atoms with van der Waals surface area (Å²) in [6.07, 6.45) is 4.00. The van der Waals surface area contributed by atoms with Gasteiger partial charge in [-0.2, -0.15) is 0 Å². The Morgan fingerprint density at radius 1 is 0.913 bits per heavy atom. The highest BCUT2D eigenvalue weighted by atomic mass is 16.5. The number of benzene rings is 1. The van der Waals surface area contributed by atoms with Gasteiger partial charge in [-0.1, -0.05) is 17.3 Å². The summed E-state index contributed by atoms with van der Waals surface area (Å²) in [5.74, 6) is 0. The van der Waals surface area contributed by atoms with Gasteiger partial charge < -0.3 is 14.2 Å². The number of para-hydroxylation sites is 1. The number of hydrogen-bond acceptors (Lipinski definition) is 4. The second-order valence-corrected chi connectivity index (χ2v) is 5.47. The highest BCUT2D eigenvalue weighted by molar-refractivity contribution is 5.73. The molecule has 1 aliphatic heterocycles. The summed E-state index contributed by atoms with van der Waals surface area (Å²) in [5.41, 5.74) is 2.02. The van der Waals surface area contributed by atoms with Gasteiger partial charge in [0.2, 0.25) is 0 Å². The third-order valence-electron chi connectivity index (χ3n) is 3.51. The van der Waals surface area contributed by atoms with Crippen LogP contribution in [0.4, 0.5) is 0 Å². The van der Waals surface area contributed by atoms with Crippen molar-refractivity contribution in [1.29, 1.82) is 0 Å². The topological polar surface area (TPSA) is 48.1 Å². The average Bonchev–Trinajstić information content (AvgIpc) is 3.19. The fourth-order valence-electron chi connectivity index (χ4n) is 2.06. The molecule has 1 saturated heterocycles. The van der Waals surface area contributed by atoms with E-state index in [0.29, 0.717) is 0 Å². The predicted molar refractivity (Wildman–Crippen MR) is 92.2 cm³/mol. The van der Waals surface area contributed by atoms with Crippen molar-refractivity contribution in [2.24, 2.45) is 14.1 Å². The summed E-state index contributed by atoms with van der Waals surface area (Å²) in [7, 11) is 6.00. The Morgan fingerprint density at radius 2 is 1.57 bits per heavy atom. The maximum atomic E-state index is 5.10. The van der Waals surface area contributed by atoms with Crippen LogP contribution in [-0.4, -0.2) is 57.8 Å². The number of morpholine rings is 1. The lowest BCUT2D eigenvalue weighted by Gasteiger charge is -2.21. The number of aryl methyl sites for hydroxylation is 2. The number of ether oxygens (including phenoxy) is 1. The maximum absolute atomic E-state index is 5.10. The van der Waals surface area contributed by atoms with Crippen molar-refractivity contribution in [2.45, 2.75) is 0 Å². The first-order chi connectivity index (χ1) is 11.2. The molecule has 4 rings (SSSR count). The first-order valence-electron chi connectivity index (χ1n) is 7.74. The number of nitrogens with zero attached hydrogens (tertiary/aromatic N) is 5. The van der Waals surface area contributed by atoms with Crippen LogP contribution in [0.25, 0.3) is 11.0 Å². The van der Waals surface area contributed by atoms with Gasteiger partial charge in [0, 0.05) is 39.6 Å². The third-order valence-corrected chi connectivity index (χ3v) is 3.51. The van der Waals surface area contributed by atoms with E-state index in [1.807, 2.05) is 67.5 Å². The van der Waals surface area contributed by atoms with Crippen molar-refractivity contribution >= 4 is 11.0 Å². The molecule has 3 aromatic rings. The molecule has 6 heteroatoms. The summed E-state index contributed by atoms with van der Waals surface area (Å²) in [6, 6.07) is 11.9. The molecule has 0 spiro atoms. The first-order valence-corrected chi connectivity index (χ1v) is 7.74. The largest absolute Gasteiger partial charge is 0.379 e. The van der Waals surface area contributed by atoms with Crippen molar-refractivity contribution in [3.8, 4) is 0 Å². The molecule has 1 fully saturated rings. The molecule has 3 heterocycles. The van der Waals surface area contributed by atoms with Crippen LogP contribution >= 0.6 is 0 Å². The molecule has 0 N–H and O–H groups in total. The Kier molecular flexibility index (Phi) is 6.77. The standard InChI is InChI=1S/C7H7N3.C5H11NO.C5H7N/c1-10-7-5-3-2-4-6(7)8-9-10;1-6-2-4-7-5-3-6;1-6-4-2-3-5-6/h2-5H,1H3;2-5H2,1H3;2-5H,1H3. The molecule has 0 aliphatic carbocycles. The summed E-state index contributed by atoms with van der Waals surface area (Å²) in [5, 5.41) is 7.79. The molecule has 2 aromatic heterocycles. The SMILES string of the molecule is CN1CCOCC1.Cn1cccc1.Cn1nnc2ccccc21. The lowest BCUT2D eigenvalue weighted by atomic mass is 10.3. The summed E-state index contributed by atoms with van der Waals surface area (Å²) in [6.45, 7) is 4.02. The molecule has 6 nitrogen and oxygen atoms in total. The van der Waals surface area contributed by atoms with Crippen molar-refractivity contribution in [1.82, 2.24) is 24.5 Å². The smallest absolute Gasteiger partial charge is 0.113 e. The monoisotopic (exact) mass is 315 g/mol. The normalized spacial score (nSPS) is 14.6. The Morgan fingerprint density at radius 3 is 2.04 bits per heavy atom. The third kappa shape index (κ3) is 5.84. The van der Waals surface area contributed by atoms with E-state index in [1.54, 1.807) is 4.68 Å². The zero-order chi connectivity index (χ0) is 16.5. The van der Waals surface area contributed by atoms with Gasteiger partial charge in [-0.3, -0.25) is 0 Å². The van der Waals surface area contributed by atoms with Gasteiger partial charge in [0.05, 0.1) is 18.7 Å². The van der Waals surface area contributed by atoms with Gasteiger partial charge in [-0.15, -0.1) is 5.10 Å². The van der Waals surface area contributed by atoms with Crippen LogP contribution in [-0.2, 0) is 18.8 Å². The lowest BCUT2D eigenvalue weighted by Crippen LogP contribution is -2.32. The molecule has 0 saturated carbocycles. The van der Waals surface area contributed by atoms with Gasteiger partial charge >= 0.3 is 0 Å². The van der Waals surface area contributed by atoms with E-state index in [2.05, 4.69) is 22.3 Å². The molecule has 124 valence electrons.